The van der Waals surface area contributed by atoms with Crippen molar-refractivity contribution < 1.29 is 4.79 Å². The summed E-state index contributed by atoms with van der Waals surface area (Å²) in [6, 6.07) is 4.64. The van der Waals surface area contributed by atoms with Gasteiger partial charge >= 0.3 is 0 Å². The first-order chi connectivity index (χ1) is 9.29. The van der Waals surface area contributed by atoms with Gasteiger partial charge in [0.2, 0.25) is 5.91 Å². The first-order valence-electron chi connectivity index (χ1n) is 6.88. The summed E-state index contributed by atoms with van der Waals surface area (Å²) >= 11 is 0. The van der Waals surface area contributed by atoms with Crippen LogP contribution in [0.25, 0.3) is 0 Å². The summed E-state index contributed by atoms with van der Waals surface area (Å²) in [5, 5.41) is 6.10. The van der Waals surface area contributed by atoms with Gasteiger partial charge in [-0.25, -0.2) is 0 Å². The molecule has 0 unspecified atom stereocenters. The normalized spacial score (nSPS) is 16.4. The Hall–Kier alpha value is -1.62. The standard InChI is InChI=1S/C14H22N4O/c1-15-14(19)4-9-17-12-5-10-18(11-6-12)13-2-7-16-8-3-13/h2-3,7-8,12,17H,4-6,9-11H2,1H3,(H,15,19). The van der Waals surface area contributed by atoms with Crippen LogP contribution >= 0.6 is 0 Å². The van der Waals surface area contributed by atoms with Crippen molar-refractivity contribution in [1.82, 2.24) is 15.6 Å². The molecule has 19 heavy (non-hydrogen) atoms. The summed E-state index contributed by atoms with van der Waals surface area (Å²) < 4.78 is 0. The molecule has 0 atom stereocenters. The van der Waals surface area contributed by atoms with Crippen LogP contribution < -0.4 is 15.5 Å². The number of rotatable bonds is 5. The molecule has 0 aliphatic carbocycles. The maximum atomic E-state index is 11.1. The molecule has 0 saturated carbocycles. The number of hydrogen-bond donors (Lipinski definition) is 2. The molecule has 0 spiro atoms. The first kappa shape index (κ1) is 13.8. The molecule has 1 saturated heterocycles. The van der Waals surface area contributed by atoms with Crippen LogP contribution in [-0.2, 0) is 4.79 Å². The van der Waals surface area contributed by atoms with Crippen molar-refractivity contribution in [3.05, 3.63) is 24.5 Å². The molecule has 0 radical (unpaired) electrons. The zero-order chi connectivity index (χ0) is 13.5. The third kappa shape index (κ3) is 4.21. The van der Waals surface area contributed by atoms with Crippen LogP contribution in [0.4, 0.5) is 5.69 Å². The van der Waals surface area contributed by atoms with Gasteiger partial charge in [0, 0.05) is 57.2 Å². The highest BCUT2D eigenvalue weighted by atomic mass is 16.1. The molecule has 1 fully saturated rings. The zero-order valence-corrected chi connectivity index (χ0v) is 11.4. The molecule has 2 rings (SSSR count). The van der Waals surface area contributed by atoms with Crippen molar-refractivity contribution in [1.29, 1.82) is 0 Å². The summed E-state index contributed by atoms with van der Waals surface area (Å²) in [5.74, 6) is 0.0988. The van der Waals surface area contributed by atoms with Gasteiger partial charge in [-0.15, -0.1) is 0 Å². The highest BCUT2D eigenvalue weighted by Gasteiger charge is 2.18. The predicted molar refractivity (Wildman–Crippen MR) is 76.2 cm³/mol. The van der Waals surface area contributed by atoms with Crippen LogP contribution in [-0.4, -0.2) is 43.6 Å². The minimum atomic E-state index is 0.0988. The van der Waals surface area contributed by atoms with E-state index in [1.807, 2.05) is 12.4 Å². The fourth-order valence-electron chi connectivity index (χ4n) is 2.41. The van der Waals surface area contributed by atoms with E-state index in [4.69, 9.17) is 0 Å². The van der Waals surface area contributed by atoms with Gasteiger partial charge in [-0.1, -0.05) is 0 Å². The molecule has 1 amide bonds. The van der Waals surface area contributed by atoms with Crippen molar-refractivity contribution >= 4 is 11.6 Å². The van der Waals surface area contributed by atoms with E-state index >= 15 is 0 Å². The number of aromatic nitrogens is 1. The SMILES string of the molecule is CNC(=O)CCNC1CCN(c2ccncc2)CC1. The maximum Gasteiger partial charge on any atom is 0.221 e. The van der Waals surface area contributed by atoms with E-state index in [9.17, 15) is 4.79 Å². The van der Waals surface area contributed by atoms with Crippen molar-refractivity contribution in [3.8, 4) is 0 Å². The Morgan fingerprint density at radius 1 is 1.37 bits per heavy atom. The zero-order valence-electron chi connectivity index (χ0n) is 11.4. The van der Waals surface area contributed by atoms with Crippen LogP contribution in [0.1, 0.15) is 19.3 Å². The van der Waals surface area contributed by atoms with Gasteiger partial charge in [-0.3, -0.25) is 9.78 Å². The number of carbonyl (C=O) groups is 1. The van der Waals surface area contributed by atoms with Crippen LogP contribution in [0.15, 0.2) is 24.5 Å². The van der Waals surface area contributed by atoms with Crippen molar-refractivity contribution in [2.45, 2.75) is 25.3 Å². The van der Waals surface area contributed by atoms with E-state index in [-0.39, 0.29) is 5.91 Å². The number of pyridine rings is 1. The quantitative estimate of drug-likeness (QED) is 0.823. The lowest BCUT2D eigenvalue weighted by atomic mass is 10.0. The minimum Gasteiger partial charge on any atom is -0.371 e. The Balaban J connectivity index is 1.69. The van der Waals surface area contributed by atoms with Gasteiger partial charge in [0.25, 0.3) is 0 Å². The summed E-state index contributed by atoms with van der Waals surface area (Å²) in [4.78, 5) is 17.6. The average molecular weight is 262 g/mol. The first-order valence-corrected chi connectivity index (χ1v) is 6.88. The lowest BCUT2D eigenvalue weighted by molar-refractivity contribution is -0.120. The van der Waals surface area contributed by atoms with E-state index in [1.165, 1.54) is 5.69 Å². The van der Waals surface area contributed by atoms with Crippen LogP contribution in [0, 0.1) is 0 Å². The van der Waals surface area contributed by atoms with E-state index in [0.29, 0.717) is 12.5 Å². The Labute approximate surface area is 114 Å². The van der Waals surface area contributed by atoms with E-state index < -0.39 is 0 Å². The second-order valence-corrected chi connectivity index (χ2v) is 4.84. The number of nitrogens with zero attached hydrogens (tertiary/aromatic N) is 2. The number of amides is 1. The van der Waals surface area contributed by atoms with Gasteiger partial charge in [0.1, 0.15) is 0 Å². The van der Waals surface area contributed by atoms with Crippen molar-refractivity contribution in [2.24, 2.45) is 0 Å². The van der Waals surface area contributed by atoms with Crippen LogP contribution in [0.3, 0.4) is 0 Å². The molecule has 0 aromatic carbocycles. The van der Waals surface area contributed by atoms with Crippen LogP contribution in [0.2, 0.25) is 0 Å². The molecule has 104 valence electrons. The van der Waals surface area contributed by atoms with Gasteiger partial charge in [-0.2, -0.15) is 0 Å². The van der Waals surface area contributed by atoms with Gasteiger partial charge in [-0.05, 0) is 25.0 Å². The molecular weight excluding hydrogens is 240 g/mol. The topological polar surface area (TPSA) is 57.3 Å². The molecule has 1 aliphatic heterocycles. The third-order valence-electron chi connectivity index (χ3n) is 3.59. The Kier molecular flexibility index (Phi) is 5.15. The second kappa shape index (κ2) is 7.09. The molecule has 0 bridgehead atoms. The van der Waals surface area contributed by atoms with Gasteiger partial charge in [0.05, 0.1) is 0 Å². The molecule has 5 heteroatoms. The number of piperidine rings is 1. The lowest BCUT2D eigenvalue weighted by Crippen LogP contribution is -2.43. The third-order valence-corrected chi connectivity index (χ3v) is 3.59. The second-order valence-electron chi connectivity index (χ2n) is 4.84. The summed E-state index contributed by atoms with van der Waals surface area (Å²) in [6.45, 7) is 2.88. The van der Waals surface area contributed by atoms with Crippen LogP contribution in [0.5, 0.6) is 0 Å². The number of anilines is 1. The fraction of sp³-hybridized carbons (Fsp3) is 0.571. The summed E-state index contributed by atoms with van der Waals surface area (Å²) in [7, 11) is 1.68. The van der Waals surface area contributed by atoms with Crippen molar-refractivity contribution in [3.63, 3.8) is 0 Å². The van der Waals surface area contributed by atoms with E-state index in [1.54, 1.807) is 7.05 Å². The molecule has 1 aliphatic rings. The molecule has 1 aromatic heterocycles. The largest absolute Gasteiger partial charge is 0.371 e. The molecule has 2 N–H and O–H groups in total. The Morgan fingerprint density at radius 2 is 2.05 bits per heavy atom. The summed E-state index contributed by atoms with van der Waals surface area (Å²) in [6.07, 6.45) is 6.47. The molecular formula is C14H22N4O. The smallest absolute Gasteiger partial charge is 0.221 e. The van der Waals surface area contributed by atoms with E-state index in [0.717, 1.165) is 32.5 Å². The predicted octanol–water partition coefficient (Wildman–Crippen LogP) is 0.776. The highest BCUT2D eigenvalue weighted by Crippen LogP contribution is 2.18. The monoisotopic (exact) mass is 262 g/mol. The van der Waals surface area contributed by atoms with Gasteiger partial charge in [0.15, 0.2) is 0 Å². The molecule has 1 aromatic rings. The number of hydrogen-bond acceptors (Lipinski definition) is 4. The fourth-order valence-corrected chi connectivity index (χ4v) is 2.41. The highest BCUT2D eigenvalue weighted by molar-refractivity contribution is 5.75. The van der Waals surface area contributed by atoms with Crippen molar-refractivity contribution in [2.75, 3.05) is 31.6 Å². The lowest BCUT2D eigenvalue weighted by Gasteiger charge is -2.34. The van der Waals surface area contributed by atoms with Gasteiger partial charge < -0.3 is 15.5 Å². The maximum absolute atomic E-state index is 11.1. The molecule has 2 heterocycles. The summed E-state index contributed by atoms with van der Waals surface area (Å²) in [5.41, 5.74) is 1.25. The Morgan fingerprint density at radius 3 is 2.68 bits per heavy atom. The minimum absolute atomic E-state index is 0.0988. The Bertz CT molecular complexity index is 388. The number of carbonyl (C=O) groups excluding carboxylic acids is 1. The molecule has 5 nitrogen and oxygen atoms in total. The van der Waals surface area contributed by atoms with E-state index in [2.05, 4.69) is 32.7 Å². The number of nitrogens with one attached hydrogen (secondary N) is 2. The average Bonchev–Trinajstić information content (AvgIpc) is 2.48.